The molecule has 110 valence electrons. The van der Waals surface area contributed by atoms with E-state index >= 15 is 0 Å². The van der Waals surface area contributed by atoms with Crippen LogP contribution in [0.4, 0.5) is 4.39 Å². The van der Waals surface area contributed by atoms with Gasteiger partial charge in [0.05, 0.1) is 12.5 Å². The number of rotatable bonds is 6. The van der Waals surface area contributed by atoms with Crippen molar-refractivity contribution in [3.05, 3.63) is 71.5 Å². The molecule has 0 aliphatic rings. The quantitative estimate of drug-likeness (QED) is 0.858. The molecule has 2 N–H and O–H groups in total. The molecule has 4 heteroatoms. The second-order valence-corrected chi connectivity index (χ2v) is 4.86. The first kappa shape index (κ1) is 15.2. The summed E-state index contributed by atoms with van der Waals surface area (Å²) in [6.45, 7) is 0.513. The second-order valence-electron chi connectivity index (χ2n) is 4.86. The topological polar surface area (TPSA) is 49.3 Å². The Morgan fingerprint density at radius 2 is 1.90 bits per heavy atom. The number of aliphatic hydroxyl groups is 1. The number of hydrogen-bond acceptors (Lipinski definition) is 2. The SMILES string of the molecule is O=C(CC(O)c1cccc(F)c1)NCCc1ccccc1. The fourth-order valence-electron chi connectivity index (χ4n) is 2.07. The lowest BCUT2D eigenvalue weighted by molar-refractivity contribution is -0.123. The van der Waals surface area contributed by atoms with E-state index in [4.69, 9.17) is 0 Å². The van der Waals surface area contributed by atoms with E-state index in [1.54, 1.807) is 6.07 Å². The van der Waals surface area contributed by atoms with Gasteiger partial charge in [0.1, 0.15) is 5.82 Å². The number of halogens is 1. The van der Waals surface area contributed by atoms with Crippen LogP contribution in [0.1, 0.15) is 23.7 Å². The lowest BCUT2D eigenvalue weighted by Gasteiger charge is -2.11. The van der Waals surface area contributed by atoms with Gasteiger partial charge in [-0.3, -0.25) is 4.79 Å². The summed E-state index contributed by atoms with van der Waals surface area (Å²) in [5, 5.41) is 12.7. The van der Waals surface area contributed by atoms with Gasteiger partial charge in [-0.05, 0) is 29.7 Å². The highest BCUT2D eigenvalue weighted by Crippen LogP contribution is 2.17. The van der Waals surface area contributed by atoms with Gasteiger partial charge < -0.3 is 10.4 Å². The molecule has 0 heterocycles. The highest BCUT2D eigenvalue weighted by Gasteiger charge is 2.13. The average Bonchev–Trinajstić information content (AvgIpc) is 2.48. The lowest BCUT2D eigenvalue weighted by Crippen LogP contribution is -2.27. The van der Waals surface area contributed by atoms with E-state index in [1.807, 2.05) is 30.3 Å². The van der Waals surface area contributed by atoms with Gasteiger partial charge in [-0.15, -0.1) is 0 Å². The van der Waals surface area contributed by atoms with Crippen molar-refractivity contribution in [1.82, 2.24) is 5.32 Å². The van der Waals surface area contributed by atoms with Crippen LogP contribution >= 0.6 is 0 Å². The van der Waals surface area contributed by atoms with E-state index in [2.05, 4.69) is 5.32 Å². The van der Waals surface area contributed by atoms with Gasteiger partial charge in [0.25, 0.3) is 0 Å². The van der Waals surface area contributed by atoms with Crippen LogP contribution in [0.15, 0.2) is 54.6 Å². The normalized spacial score (nSPS) is 11.9. The molecule has 1 amide bonds. The zero-order chi connectivity index (χ0) is 15.1. The van der Waals surface area contributed by atoms with Crippen molar-refractivity contribution in [3.8, 4) is 0 Å². The van der Waals surface area contributed by atoms with Crippen molar-refractivity contribution in [1.29, 1.82) is 0 Å². The highest BCUT2D eigenvalue weighted by molar-refractivity contribution is 5.76. The number of hydrogen-bond donors (Lipinski definition) is 2. The van der Waals surface area contributed by atoms with Gasteiger partial charge in [-0.25, -0.2) is 4.39 Å². The smallest absolute Gasteiger partial charge is 0.222 e. The van der Waals surface area contributed by atoms with Crippen LogP contribution < -0.4 is 5.32 Å². The molecule has 2 aromatic rings. The molecule has 0 saturated carbocycles. The van der Waals surface area contributed by atoms with Crippen molar-refractivity contribution < 1.29 is 14.3 Å². The third-order valence-electron chi connectivity index (χ3n) is 3.19. The van der Waals surface area contributed by atoms with Gasteiger partial charge in [0, 0.05) is 6.54 Å². The predicted octanol–water partition coefficient (Wildman–Crippen LogP) is 2.61. The molecule has 0 aliphatic carbocycles. The summed E-state index contributed by atoms with van der Waals surface area (Å²) in [4.78, 5) is 11.7. The molecule has 0 aliphatic heterocycles. The standard InChI is InChI=1S/C17H18FNO2/c18-15-8-4-7-14(11-15)16(20)12-17(21)19-10-9-13-5-2-1-3-6-13/h1-8,11,16,20H,9-10,12H2,(H,19,21). The Hall–Kier alpha value is -2.20. The third kappa shape index (κ3) is 5.00. The minimum atomic E-state index is -0.988. The number of aliphatic hydroxyl groups excluding tert-OH is 1. The van der Waals surface area contributed by atoms with Gasteiger partial charge in [0.2, 0.25) is 5.91 Å². The molecule has 0 saturated heterocycles. The molecule has 3 nitrogen and oxygen atoms in total. The summed E-state index contributed by atoms with van der Waals surface area (Å²) < 4.78 is 13.0. The van der Waals surface area contributed by atoms with Crippen molar-refractivity contribution in [2.45, 2.75) is 18.9 Å². The molecular formula is C17H18FNO2. The monoisotopic (exact) mass is 287 g/mol. The van der Waals surface area contributed by atoms with Crippen LogP contribution in [0.2, 0.25) is 0 Å². The summed E-state index contributed by atoms with van der Waals surface area (Å²) in [6, 6.07) is 15.5. The Labute approximate surface area is 123 Å². The highest BCUT2D eigenvalue weighted by atomic mass is 19.1. The first-order valence-electron chi connectivity index (χ1n) is 6.89. The Morgan fingerprint density at radius 1 is 1.14 bits per heavy atom. The average molecular weight is 287 g/mol. The predicted molar refractivity (Wildman–Crippen MR) is 79.1 cm³/mol. The summed E-state index contributed by atoms with van der Waals surface area (Å²) >= 11 is 0. The number of carbonyl (C=O) groups excluding carboxylic acids is 1. The molecule has 21 heavy (non-hydrogen) atoms. The first-order chi connectivity index (χ1) is 10.1. The van der Waals surface area contributed by atoms with Crippen LogP contribution in [0, 0.1) is 5.82 Å². The van der Waals surface area contributed by atoms with Crippen LogP contribution in [0.3, 0.4) is 0 Å². The molecule has 0 fully saturated rings. The summed E-state index contributed by atoms with van der Waals surface area (Å²) in [6.07, 6.45) is -0.321. The third-order valence-corrected chi connectivity index (χ3v) is 3.19. The van der Waals surface area contributed by atoms with E-state index < -0.39 is 11.9 Å². The van der Waals surface area contributed by atoms with Crippen molar-refractivity contribution in [3.63, 3.8) is 0 Å². The summed E-state index contributed by atoms with van der Waals surface area (Å²) in [5.41, 5.74) is 1.55. The van der Waals surface area contributed by atoms with Crippen molar-refractivity contribution in [2.24, 2.45) is 0 Å². The summed E-state index contributed by atoms with van der Waals surface area (Å²) in [5.74, 6) is -0.668. The van der Waals surface area contributed by atoms with Crippen molar-refractivity contribution >= 4 is 5.91 Å². The minimum Gasteiger partial charge on any atom is -0.388 e. The maximum absolute atomic E-state index is 13.0. The number of amides is 1. The van der Waals surface area contributed by atoms with E-state index in [0.717, 1.165) is 12.0 Å². The Balaban J connectivity index is 1.76. The zero-order valence-electron chi connectivity index (χ0n) is 11.6. The fourth-order valence-corrected chi connectivity index (χ4v) is 2.07. The maximum Gasteiger partial charge on any atom is 0.222 e. The molecule has 1 unspecified atom stereocenters. The Morgan fingerprint density at radius 3 is 2.62 bits per heavy atom. The largest absolute Gasteiger partial charge is 0.388 e. The zero-order valence-corrected chi connectivity index (χ0v) is 11.6. The molecule has 0 radical (unpaired) electrons. The van der Waals surface area contributed by atoms with E-state index in [1.165, 1.54) is 18.2 Å². The molecule has 2 aromatic carbocycles. The molecule has 0 spiro atoms. The van der Waals surface area contributed by atoms with Gasteiger partial charge in [-0.1, -0.05) is 42.5 Å². The van der Waals surface area contributed by atoms with Gasteiger partial charge in [-0.2, -0.15) is 0 Å². The van der Waals surface area contributed by atoms with Crippen LogP contribution in [-0.2, 0) is 11.2 Å². The van der Waals surface area contributed by atoms with Crippen LogP contribution in [0.5, 0.6) is 0 Å². The first-order valence-corrected chi connectivity index (χ1v) is 6.89. The minimum absolute atomic E-state index is 0.0712. The molecule has 0 bridgehead atoms. The molecule has 1 atom stereocenters. The Kier molecular flexibility index (Phi) is 5.46. The van der Waals surface area contributed by atoms with Crippen LogP contribution in [0.25, 0.3) is 0 Å². The Bertz CT molecular complexity index is 586. The second kappa shape index (κ2) is 7.55. The van der Waals surface area contributed by atoms with Gasteiger partial charge in [0.15, 0.2) is 0 Å². The summed E-state index contributed by atoms with van der Waals surface area (Å²) in [7, 11) is 0. The molecular weight excluding hydrogens is 269 g/mol. The number of benzene rings is 2. The number of nitrogens with one attached hydrogen (secondary N) is 1. The van der Waals surface area contributed by atoms with E-state index in [9.17, 15) is 14.3 Å². The van der Waals surface area contributed by atoms with Crippen molar-refractivity contribution in [2.75, 3.05) is 6.54 Å². The van der Waals surface area contributed by atoms with E-state index in [0.29, 0.717) is 12.1 Å². The molecule has 2 rings (SSSR count). The maximum atomic E-state index is 13.0. The fraction of sp³-hybridized carbons (Fsp3) is 0.235. The lowest BCUT2D eigenvalue weighted by atomic mass is 10.1. The van der Waals surface area contributed by atoms with Crippen LogP contribution in [-0.4, -0.2) is 17.6 Å². The molecule has 0 aromatic heterocycles. The number of carbonyl (C=O) groups is 1. The van der Waals surface area contributed by atoms with Gasteiger partial charge >= 0.3 is 0 Å². The van der Waals surface area contributed by atoms with E-state index in [-0.39, 0.29) is 12.3 Å².